The molecule has 0 radical (unpaired) electrons. The van der Waals surface area contributed by atoms with Gasteiger partial charge in [-0.15, -0.1) is 0 Å². The highest BCUT2D eigenvalue weighted by Gasteiger charge is 2.18. The first kappa shape index (κ1) is 18.6. The number of rotatable bonds is 5. The maximum Gasteiger partial charge on any atom is 0.316 e. The van der Waals surface area contributed by atoms with Gasteiger partial charge in [-0.05, 0) is 37.5 Å². The highest BCUT2D eigenvalue weighted by molar-refractivity contribution is 5.97. The Morgan fingerprint density at radius 2 is 1.89 bits per heavy atom. The molecule has 3 rings (SSSR count). The van der Waals surface area contributed by atoms with Crippen molar-refractivity contribution in [1.82, 2.24) is 14.5 Å². The Morgan fingerprint density at radius 3 is 2.67 bits per heavy atom. The molecule has 0 spiro atoms. The van der Waals surface area contributed by atoms with Crippen molar-refractivity contribution in [3.63, 3.8) is 0 Å². The van der Waals surface area contributed by atoms with E-state index in [-0.39, 0.29) is 24.8 Å². The average molecular weight is 370 g/mol. The van der Waals surface area contributed by atoms with E-state index in [0.29, 0.717) is 11.3 Å². The highest BCUT2D eigenvalue weighted by Crippen LogP contribution is 2.16. The van der Waals surface area contributed by atoms with Gasteiger partial charge in [-0.3, -0.25) is 19.2 Å². The van der Waals surface area contributed by atoms with Crippen LogP contribution in [-0.4, -0.2) is 39.4 Å². The predicted octanol–water partition coefficient (Wildman–Crippen LogP) is 1.19. The summed E-state index contributed by atoms with van der Waals surface area (Å²) in [4.78, 5) is 51.8. The van der Waals surface area contributed by atoms with E-state index in [1.807, 2.05) is 4.90 Å². The summed E-state index contributed by atoms with van der Waals surface area (Å²) >= 11 is 0. The van der Waals surface area contributed by atoms with Crippen LogP contribution in [0.25, 0.3) is 0 Å². The lowest BCUT2D eigenvalue weighted by Crippen LogP contribution is -2.36. The van der Waals surface area contributed by atoms with Crippen molar-refractivity contribution in [2.45, 2.75) is 32.2 Å². The Hall–Kier alpha value is -3.16. The van der Waals surface area contributed by atoms with Gasteiger partial charge in [0.2, 0.25) is 5.91 Å². The lowest BCUT2D eigenvalue weighted by Gasteiger charge is -2.26. The second kappa shape index (κ2) is 8.48. The van der Waals surface area contributed by atoms with Gasteiger partial charge in [0, 0.05) is 49.7 Å². The van der Waals surface area contributed by atoms with Crippen LogP contribution < -0.4 is 16.4 Å². The molecule has 1 aliphatic rings. The number of anilines is 1. The van der Waals surface area contributed by atoms with E-state index in [9.17, 15) is 19.2 Å². The Labute approximate surface area is 155 Å². The molecule has 2 N–H and O–H groups in total. The van der Waals surface area contributed by atoms with Crippen LogP contribution >= 0.6 is 0 Å². The number of amides is 2. The van der Waals surface area contributed by atoms with E-state index in [1.165, 1.54) is 17.0 Å². The van der Waals surface area contributed by atoms with Gasteiger partial charge in [0.15, 0.2) is 0 Å². The zero-order valence-corrected chi connectivity index (χ0v) is 14.9. The summed E-state index contributed by atoms with van der Waals surface area (Å²) < 4.78 is 1.19. The minimum absolute atomic E-state index is 0.0270. The van der Waals surface area contributed by atoms with Crippen LogP contribution in [0.1, 0.15) is 36.0 Å². The first-order valence-electron chi connectivity index (χ1n) is 9.02. The largest absolute Gasteiger partial charge is 0.339 e. The number of piperidine rings is 1. The molecule has 2 aromatic rings. The first-order chi connectivity index (χ1) is 13.0. The number of H-pyrrole nitrogens is 1. The smallest absolute Gasteiger partial charge is 0.316 e. The number of nitrogens with zero attached hydrogens (tertiary/aromatic N) is 2. The minimum Gasteiger partial charge on any atom is -0.339 e. The molecule has 1 aromatic heterocycles. The Balaban J connectivity index is 1.61. The number of hydrogen-bond acceptors (Lipinski definition) is 4. The summed E-state index contributed by atoms with van der Waals surface area (Å²) in [5, 5.41) is 2.73. The summed E-state index contributed by atoms with van der Waals surface area (Å²) in [5.41, 5.74) is -0.345. The zero-order chi connectivity index (χ0) is 19.2. The lowest BCUT2D eigenvalue weighted by atomic mass is 10.1. The number of likely N-dealkylation sites (tertiary alicyclic amines) is 1. The van der Waals surface area contributed by atoms with Crippen LogP contribution in [0.4, 0.5) is 5.69 Å². The highest BCUT2D eigenvalue weighted by atomic mass is 16.2. The number of carbonyl (C=O) groups is 2. The fourth-order valence-corrected chi connectivity index (χ4v) is 3.09. The molecule has 8 nitrogen and oxygen atoms in total. The Morgan fingerprint density at radius 1 is 1.11 bits per heavy atom. The van der Waals surface area contributed by atoms with Gasteiger partial charge >= 0.3 is 11.1 Å². The molecule has 0 bridgehead atoms. The SMILES string of the molecule is O=C(CCn1cc[nH]c(=O)c1=O)Nc1cccc(C(=O)N2CCCCC2)c1. The molecule has 1 fully saturated rings. The van der Waals surface area contributed by atoms with Crippen molar-refractivity contribution in [2.75, 3.05) is 18.4 Å². The van der Waals surface area contributed by atoms with Crippen molar-refractivity contribution >= 4 is 17.5 Å². The van der Waals surface area contributed by atoms with E-state index in [0.717, 1.165) is 32.4 Å². The molecule has 1 aromatic carbocycles. The molecule has 0 aliphatic carbocycles. The van der Waals surface area contributed by atoms with Crippen LogP contribution in [-0.2, 0) is 11.3 Å². The molecule has 0 saturated carbocycles. The minimum atomic E-state index is -0.721. The van der Waals surface area contributed by atoms with E-state index in [2.05, 4.69) is 10.3 Å². The van der Waals surface area contributed by atoms with Crippen molar-refractivity contribution < 1.29 is 9.59 Å². The maximum absolute atomic E-state index is 12.6. The second-order valence-electron chi connectivity index (χ2n) is 6.52. The monoisotopic (exact) mass is 370 g/mol. The third kappa shape index (κ3) is 4.72. The van der Waals surface area contributed by atoms with Gasteiger partial charge in [0.05, 0.1) is 0 Å². The fourth-order valence-electron chi connectivity index (χ4n) is 3.09. The average Bonchev–Trinajstić information content (AvgIpc) is 2.69. The van der Waals surface area contributed by atoms with Gasteiger partial charge in [-0.1, -0.05) is 6.07 Å². The Bertz CT molecular complexity index is 941. The predicted molar refractivity (Wildman–Crippen MR) is 101 cm³/mol. The lowest BCUT2D eigenvalue weighted by molar-refractivity contribution is -0.116. The van der Waals surface area contributed by atoms with Crippen LogP contribution in [0.15, 0.2) is 46.2 Å². The molecule has 1 saturated heterocycles. The molecule has 2 heterocycles. The molecule has 0 unspecified atom stereocenters. The first-order valence-corrected chi connectivity index (χ1v) is 9.02. The summed E-state index contributed by atoms with van der Waals surface area (Å²) in [5.74, 6) is -0.328. The van der Waals surface area contributed by atoms with Crippen molar-refractivity contribution in [3.8, 4) is 0 Å². The second-order valence-corrected chi connectivity index (χ2v) is 6.52. The van der Waals surface area contributed by atoms with Gasteiger partial charge in [-0.25, -0.2) is 0 Å². The summed E-state index contributed by atoms with van der Waals surface area (Å²) in [6.45, 7) is 1.63. The third-order valence-corrected chi connectivity index (χ3v) is 4.54. The van der Waals surface area contributed by atoms with Crippen LogP contribution in [0, 0.1) is 0 Å². The number of benzene rings is 1. The number of aryl methyl sites for hydroxylation is 1. The van der Waals surface area contributed by atoms with E-state index in [4.69, 9.17) is 0 Å². The van der Waals surface area contributed by atoms with Crippen molar-refractivity contribution in [1.29, 1.82) is 0 Å². The number of hydrogen-bond donors (Lipinski definition) is 2. The summed E-state index contributed by atoms with van der Waals surface area (Å²) in [6.07, 6.45) is 6.00. The molecular weight excluding hydrogens is 348 g/mol. The summed E-state index contributed by atoms with van der Waals surface area (Å²) in [7, 11) is 0. The number of nitrogens with one attached hydrogen (secondary N) is 2. The van der Waals surface area contributed by atoms with Gasteiger partial charge < -0.3 is 19.8 Å². The fraction of sp³-hybridized carbons (Fsp3) is 0.368. The number of aromatic nitrogens is 2. The number of carbonyl (C=O) groups excluding carboxylic acids is 2. The molecular formula is C19H22N4O4. The van der Waals surface area contributed by atoms with E-state index in [1.54, 1.807) is 24.3 Å². The molecule has 1 aliphatic heterocycles. The van der Waals surface area contributed by atoms with Crippen LogP contribution in [0.3, 0.4) is 0 Å². The molecule has 0 atom stereocenters. The quantitative estimate of drug-likeness (QED) is 0.772. The van der Waals surface area contributed by atoms with Gasteiger partial charge in [0.25, 0.3) is 5.91 Å². The van der Waals surface area contributed by atoms with Crippen LogP contribution in [0.2, 0.25) is 0 Å². The topological polar surface area (TPSA) is 104 Å². The third-order valence-electron chi connectivity index (χ3n) is 4.54. The van der Waals surface area contributed by atoms with Crippen molar-refractivity contribution in [3.05, 3.63) is 62.9 Å². The van der Waals surface area contributed by atoms with E-state index >= 15 is 0 Å². The molecule has 8 heteroatoms. The molecule has 27 heavy (non-hydrogen) atoms. The normalized spacial score (nSPS) is 14.0. The van der Waals surface area contributed by atoms with Gasteiger partial charge in [-0.2, -0.15) is 0 Å². The summed E-state index contributed by atoms with van der Waals surface area (Å²) in [6, 6.07) is 6.84. The standard InChI is InChI=1S/C19H22N4O4/c24-16(7-11-23-12-8-20-17(25)19(23)27)21-15-6-4-5-14(13-15)18(26)22-9-2-1-3-10-22/h4-6,8,12-13H,1-3,7,9-11H2,(H,20,25)(H,21,24). The van der Waals surface area contributed by atoms with Crippen LogP contribution in [0.5, 0.6) is 0 Å². The number of aromatic amines is 1. The molecule has 142 valence electrons. The maximum atomic E-state index is 12.6. The zero-order valence-electron chi connectivity index (χ0n) is 14.9. The van der Waals surface area contributed by atoms with E-state index < -0.39 is 11.1 Å². The Kier molecular flexibility index (Phi) is 5.85. The van der Waals surface area contributed by atoms with Gasteiger partial charge in [0.1, 0.15) is 0 Å². The molecule has 2 amide bonds. The van der Waals surface area contributed by atoms with Crippen molar-refractivity contribution in [2.24, 2.45) is 0 Å².